The topological polar surface area (TPSA) is 29.5 Å². The third-order valence-corrected chi connectivity index (χ3v) is 4.44. The van der Waals surface area contributed by atoms with Gasteiger partial charge in [-0.3, -0.25) is 0 Å². The molecule has 0 amide bonds. The molecule has 1 N–H and O–H groups in total. The first kappa shape index (κ1) is 13.2. The first-order chi connectivity index (χ1) is 7.05. The normalized spacial score (nSPS) is 17.4. The molecule has 2 unspecified atom stereocenters. The summed E-state index contributed by atoms with van der Waals surface area (Å²) in [5, 5.41) is 14.2. The van der Waals surface area contributed by atoms with E-state index >= 15 is 0 Å². The second kappa shape index (κ2) is 5.43. The van der Waals surface area contributed by atoms with E-state index in [2.05, 4.69) is 15.9 Å². The van der Waals surface area contributed by atoms with Gasteiger partial charge in [-0.1, -0.05) is 6.92 Å². The monoisotopic (exact) mass is 292 g/mol. The quantitative estimate of drug-likeness (QED) is 0.896. The summed E-state index contributed by atoms with van der Waals surface area (Å²) >= 11 is 5.01. The maximum absolute atomic E-state index is 10.3. The summed E-state index contributed by atoms with van der Waals surface area (Å²) in [5.41, 5.74) is 0.413. The zero-order valence-corrected chi connectivity index (χ0v) is 11.7. The van der Waals surface area contributed by atoms with Gasteiger partial charge in [-0.2, -0.15) is 11.3 Å². The standard InChI is InChI=1S/C11H17BrO2S/c1-4-11(3,14-5-2)10(13)8-6-15-7-9(8)12/h6-7,10,13H,4-5H2,1-3H3. The van der Waals surface area contributed by atoms with Crippen LogP contribution in [0.3, 0.4) is 0 Å². The summed E-state index contributed by atoms with van der Waals surface area (Å²) in [7, 11) is 0. The number of aliphatic hydroxyl groups excluding tert-OH is 1. The Bertz CT molecular complexity index is 313. The Balaban J connectivity index is 2.91. The second-order valence-corrected chi connectivity index (χ2v) is 5.27. The minimum absolute atomic E-state index is 0.502. The van der Waals surface area contributed by atoms with Crippen LogP contribution in [0.1, 0.15) is 38.9 Å². The zero-order valence-electron chi connectivity index (χ0n) is 9.29. The number of aliphatic hydroxyl groups is 1. The number of hydrogen-bond donors (Lipinski definition) is 1. The molecule has 1 aromatic heterocycles. The van der Waals surface area contributed by atoms with Gasteiger partial charge in [-0.15, -0.1) is 0 Å². The Morgan fingerprint density at radius 2 is 2.20 bits per heavy atom. The molecule has 0 aliphatic heterocycles. The molecule has 2 nitrogen and oxygen atoms in total. The summed E-state index contributed by atoms with van der Waals surface area (Å²) in [4.78, 5) is 0. The fourth-order valence-corrected chi connectivity index (χ4v) is 3.05. The van der Waals surface area contributed by atoms with Crippen LogP contribution in [0.5, 0.6) is 0 Å². The molecule has 0 saturated heterocycles. The summed E-state index contributed by atoms with van der Waals surface area (Å²) in [5.74, 6) is 0. The molecule has 1 heterocycles. The van der Waals surface area contributed by atoms with Gasteiger partial charge in [0.05, 0.1) is 5.60 Å². The summed E-state index contributed by atoms with van der Waals surface area (Å²) in [6, 6.07) is 0. The van der Waals surface area contributed by atoms with Crippen LogP contribution >= 0.6 is 27.3 Å². The van der Waals surface area contributed by atoms with E-state index in [9.17, 15) is 5.11 Å². The van der Waals surface area contributed by atoms with Crippen molar-refractivity contribution in [3.8, 4) is 0 Å². The van der Waals surface area contributed by atoms with Crippen LogP contribution in [0.25, 0.3) is 0 Å². The van der Waals surface area contributed by atoms with Gasteiger partial charge >= 0.3 is 0 Å². The van der Waals surface area contributed by atoms with Crippen LogP contribution in [-0.4, -0.2) is 17.3 Å². The smallest absolute Gasteiger partial charge is 0.110 e. The first-order valence-corrected chi connectivity index (χ1v) is 6.82. The summed E-state index contributed by atoms with van der Waals surface area (Å²) < 4.78 is 6.61. The minimum Gasteiger partial charge on any atom is -0.385 e. The van der Waals surface area contributed by atoms with Gasteiger partial charge in [0.15, 0.2) is 0 Å². The molecule has 0 spiro atoms. The van der Waals surface area contributed by atoms with E-state index in [0.29, 0.717) is 6.61 Å². The Kier molecular flexibility index (Phi) is 4.77. The molecule has 0 fully saturated rings. The SMILES string of the molecule is CCOC(C)(CC)C(O)c1cscc1Br. The van der Waals surface area contributed by atoms with Crippen molar-refractivity contribution in [1.29, 1.82) is 0 Å². The van der Waals surface area contributed by atoms with Crippen molar-refractivity contribution >= 4 is 27.3 Å². The highest BCUT2D eigenvalue weighted by atomic mass is 79.9. The van der Waals surface area contributed by atoms with Gasteiger partial charge < -0.3 is 9.84 Å². The third-order valence-electron chi connectivity index (χ3n) is 2.69. The van der Waals surface area contributed by atoms with Gasteiger partial charge in [-0.25, -0.2) is 0 Å². The van der Waals surface area contributed by atoms with Crippen molar-refractivity contribution in [2.75, 3.05) is 6.61 Å². The lowest BCUT2D eigenvalue weighted by Gasteiger charge is -2.33. The van der Waals surface area contributed by atoms with Crippen LogP contribution in [0.15, 0.2) is 15.2 Å². The predicted molar refractivity (Wildman–Crippen MR) is 67.3 cm³/mol. The molecule has 0 aromatic carbocycles. The van der Waals surface area contributed by atoms with E-state index < -0.39 is 11.7 Å². The average Bonchev–Trinajstić information content (AvgIpc) is 2.63. The van der Waals surface area contributed by atoms with Crippen LogP contribution < -0.4 is 0 Å². The number of ether oxygens (including phenoxy) is 1. The molecule has 2 atom stereocenters. The largest absolute Gasteiger partial charge is 0.385 e. The second-order valence-electron chi connectivity index (χ2n) is 3.68. The van der Waals surface area contributed by atoms with E-state index in [-0.39, 0.29) is 0 Å². The van der Waals surface area contributed by atoms with Crippen molar-refractivity contribution in [3.05, 3.63) is 20.8 Å². The lowest BCUT2D eigenvalue weighted by atomic mass is 9.92. The number of hydrogen-bond acceptors (Lipinski definition) is 3. The Labute approximate surface area is 103 Å². The van der Waals surface area contributed by atoms with E-state index in [4.69, 9.17) is 4.74 Å². The van der Waals surface area contributed by atoms with Crippen molar-refractivity contribution in [2.45, 2.75) is 38.9 Å². The maximum Gasteiger partial charge on any atom is 0.110 e. The molecule has 15 heavy (non-hydrogen) atoms. The molecule has 0 aliphatic rings. The van der Waals surface area contributed by atoms with E-state index in [1.807, 2.05) is 31.5 Å². The fraction of sp³-hybridized carbons (Fsp3) is 0.636. The summed E-state index contributed by atoms with van der Waals surface area (Å²) in [6.45, 7) is 6.54. The van der Waals surface area contributed by atoms with Crippen molar-refractivity contribution < 1.29 is 9.84 Å². The Hall–Kier alpha value is 0.100. The van der Waals surface area contributed by atoms with Crippen LogP contribution in [0, 0.1) is 0 Å². The zero-order chi connectivity index (χ0) is 11.5. The van der Waals surface area contributed by atoms with E-state index in [1.165, 1.54) is 0 Å². The highest BCUT2D eigenvalue weighted by molar-refractivity contribution is 9.10. The molecule has 86 valence electrons. The molecule has 0 bridgehead atoms. The van der Waals surface area contributed by atoms with Crippen LogP contribution in [-0.2, 0) is 4.74 Å². The molecule has 0 aliphatic carbocycles. The van der Waals surface area contributed by atoms with Gasteiger partial charge in [-0.05, 0) is 41.6 Å². The number of thiophene rings is 1. The third kappa shape index (κ3) is 2.81. The van der Waals surface area contributed by atoms with Gasteiger partial charge in [0.2, 0.25) is 0 Å². The lowest BCUT2D eigenvalue weighted by molar-refractivity contribution is -0.113. The molecule has 0 radical (unpaired) electrons. The molecule has 1 aromatic rings. The molecule has 1 rings (SSSR count). The molecular formula is C11H17BrO2S. The van der Waals surface area contributed by atoms with Crippen molar-refractivity contribution in [2.24, 2.45) is 0 Å². The van der Waals surface area contributed by atoms with Gasteiger partial charge in [0.25, 0.3) is 0 Å². The first-order valence-electron chi connectivity index (χ1n) is 5.08. The molecular weight excluding hydrogens is 276 g/mol. The average molecular weight is 293 g/mol. The maximum atomic E-state index is 10.3. The van der Waals surface area contributed by atoms with Crippen molar-refractivity contribution in [3.63, 3.8) is 0 Å². The summed E-state index contributed by atoms with van der Waals surface area (Å²) in [6.07, 6.45) is 0.202. The lowest BCUT2D eigenvalue weighted by Crippen LogP contribution is -2.35. The fourth-order valence-electron chi connectivity index (χ4n) is 1.52. The Morgan fingerprint density at radius 1 is 1.53 bits per heavy atom. The highest BCUT2D eigenvalue weighted by Gasteiger charge is 2.34. The van der Waals surface area contributed by atoms with E-state index in [0.717, 1.165) is 16.5 Å². The van der Waals surface area contributed by atoms with Crippen molar-refractivity contribution in [1.82, 2.24) is 0 Å². The van der Waals surface area contributed by atoms with Gasteiger partial charge in [0, 0.05) is 22.0 Å². The van der Waals surface area contributed by atoms with Gasteiger partial charge in [0.1, 0.15) is 6.10 Å². The van der Waals surface area contributed by atoms with Crippen LogP contribution in [0.2, 0.25) is 0 Å². The highest BCUT2D eigenvalue weighted by Crippen LogP contribution is 2.37. The molecule has 4 heteroatoms. The van der Waals surface area contributed by atoms with E-state index in [1.54, 1.807) is 11.3 Å². The minimum atomic E-state index is -0.580. The number of halogens is 1. The predicted octanol–water partition coefficient (Wildman–Crippen LogP) is 3.75. The molecule has 0 saturated carbocycles. The van der Waals surface area contributed by atoms with Crippen LogP contribution in [0.4, 0.5) is 0 Å². The number of rotatable bonds is 5. The Morgan fingerprint density at radius 3 is 2.60 bits per heavy atom.